The van der Waals surface area contributed by atoms with Gasteiger partial charge in [-0.3, -0.25) is 9.59 Å². The van der Waals surface area contributed by atoms with Crippen LogP contribution in [0, 0.1) is 0 Å². The molecule has 1 N–H and O–H groups in total. The highest BCUT2D eigenvalue weighted by Crippen LogP contribution is 2.32. The van der Waals surface area contributed by atoms with Crippen LogP contribution in [0.3, 0.4) is 0 Å². The smallest absolute Gasteiger partial charge is 0.247 e. The quantitative estimate of drug-likeness (QED) is 0.303. The second kappa shape index (κ2) is 12.0. The van der Waals surface area contributed by atoms with Gasteiger partial charge in [-0.25, -0.2) is 4.68 Å². The van der Waals surface area contributed by atoms with Crippen molar-refractivity contribution in [2.24, 2.45) is 0 Å². The molecule has 0 spiro atoms. The van der Waals surface area contributed by atoms with E-state index in [0.717, 1.165) is 5.52 Å². The van der Waals surface area contributed by atoms with Gasteiger partial charge in [-0.15, -0.1) is 5.10 Å². The first kappa shape index (κ1) is 24.9. The molecule has 0 aliphatic carbocycles. The van der Waals surface area contributed by atoms with Crippen LogP contribution in [0.4, 0.5) is 0 Å². The third kappa shape index (κ3) is 5.72. The minimum absolute atomic E-state index is 0.0707. The summed E-state index contributed by atoms with van der Waals surface area (Å²) in [6.07, 6.45) is 1.53. The van der Waals surface area contributed by atoms with Crippen LogP contribution < -0.4 is 10.1 Å². The number of amides is 2. The predicted molar refractivity (Wildman–Crippen MR) is 132 cm³/mol. The molecule has 2 amide bonds. The van der Waals surface area contributed by atoms with Crippen molar-refractivity contribution in [1.82, 2.24) is 25.2 Å². The third-order valence-corrected chi connectivity index (χ3v) is 5.61. The molecule has 188 valence electrons. The summed E-state index contributed by atoms with van der Waals surface area (Å²) in [5, 5.41) is 11.2. The van der Waals surface area contributed by atoms with E-state index < -0.39 is 6.04 Å². The number of carbonyl (C=O) groups excluding carboxylic acids is 2. The van der Waals surface area contributed by atoms with E-state index in [1.54, 1.807) is 31.4 Å². The number of nitrogens with zero attached hydrogens (tertiary/aromatic N) is 4. The molecule has 10 heteroatoms. The van der Waals surface area contributed by atoms with E-state index in [9.17, 15) is 9.59 Å². The molecule has 10 nitrogen and oxygen atoms in total. The summed E-state index contributed by atoms with van der Waals surface area (Å²) in [7, 11) is 1.56. The van der Waals surface area contributed by atoms with E-state index in [1.165, 1.54) is 15.8 Å². The van der Waals surface area contributed by atoms with Gasteiger partial charge in [-0.05, 0) is 37.3 Å². The summed E-state index contributed by atoms with van der Waals surface area (Å²) >= 11 is 0. The van der Waals surface area contributed by atoms with Gasteiger partial charge >= 0.3 is 0 Å². The van der Waals surface area contributed by atoms with Crippen molar-refractivity contribution in [3.05, 3.63) is 78.3 Å². The first-order valence-corrected chi connectivity index (χ1v) is 11.7. The fourth-order valence-electron chi connectivity index (χ4n) is 3.96. The normalized spacial score (nSPS) is 11.8. The Bertz CT molecular complexity index is 1290. The van der Waals surface area contributed by atoms with Crippen LogP contribution in [0.5, 0.6) is 5.75 Å². The van der Waals surface area contributed by atoms with Gasteiger partial charge < -0.3 is 24.1 Å². The van der Waals surface area contributed by atoms with E-state index >= 15 is 0 Å². The van der Waals surface area contributed by atoms with Crippen molar-refractivity contribution >= 4 is 22.8 Å². The fraction of sp³-hybridized carbons (Fsp3) is 0.308. The molecule has 0 aliphatic rings. The molecule has 0 unspecified atom stereocenters. The van der Waals surface area contributed by atoms with Gasteiger partial charge in [0.2, 0.25) is 11.8 Å². The molecule has 4 rings (SSSR count). The summed E-state index contributed by atoms with van der Waals surface area (Å²) in [6.45, 7) is 2.86. The Kier molecular flexibility index (Phi) is 8.30. The van der Waals surface area contributed by atoms with Crippen molar-refractivity contribution in [2.45, 2.75) is 26.1 Å². The first-order valence-electron chi connectivity index (χ1n) is 11.7. The zero-order chi connectivity index (χ0) is 25.3. The lowest BCUT2D eigenvalue weighted by Gasteiger charge is -2.31. The van der Waals surface area contributed by atoms with Gasteiger partial charge in [-0.2, -0.15) is 0 Å². The summed E-state index contributed by atoms with van der Waals surface area (Å²) in [4.78, 5) is 28.9. The number of rotatable bonds is 12. The maximum Gasteiger partial charge on any atom is 0.247 e. The van der Waals surface area contributed by atoms with Crippen LogP contribution in [-0.4, -0.2) is 58.6 Å². The Balaban J connectivity index is 1.74. The standard InChI is InChI=1S/C26H29N5O5/c1-3-35-23-13-7-4-10-20(23)25(26(33)27-14-16-34-2)30(17-19-9-8-15-36-19)24(32)18-31-22-12-6-5-11-21(22)28-29-31/h4-13,15,25H,3,14,16-18H2,1-2H3,(H,27,33)/t25-/m1/s1. The SMILES string of the molecule is CCOc1ccccc1[C@H](C(=O)NCCOC)N(Cc1ccco1)C(=O)Cn1nnc2ccccc21. The van der Waals surface area contributed by atoms with E-state index in [2.05, 4.69) is 15.6 Å². The Hall–Kier alpha value is -4.18. The molecule has 0 saturated carbocycles. The predicted octanol–water partition coefficient (Wildman–Crippen LogP) is 2.96. The molecule has 0 aliphatic heterocycles. The third-order valence-electron chi connectivity index (χ3n) is 5.61. The van der Waals surface area contributed by atoms with Crippen molar-refractivity contribution in [2.75, 3.05) is 26.9 Å². The lowest BCUT2D eigenvalue weighted by Crippen LogP contribution is -2.45. The summed E-state index contributed by atoms with van der Waals surface area (Å²) in [6, 6.07) is 17.1. The van der Waals surface area contributed by atoms with Crippen molar-refractivity contribution < 1.29 is 23.5 Å². The minimum atomic E-state index is -0.989. The lowest BCUT2D eigenvalue weighted by molar-refractivity contribution is -0.142. The highest BCUT2D eigenvalue weighted by molar-refractivity contribution is 5.89. The van der Waals surface area contributed by atoms with E-state index in [1.807, 2.05) is 43.3 Å². The van der Waals surface area contributed by atoms with Crippen molar-refractivity contribution in [3.8, 4) is 5.75 Å². The van der Waals surface area contributed by atoms with E-state index in [0.29, 0.717) is 42.3 Å². The van der Waals surface area contributed by atoms with Crippen LogP contribution in [0.15, 0.2) is 71.3 Å². The average molecular weight is 492 g/mol. The number of methoxy groups -OCH3 is 1. The number of aromatic nitrogens is 3. The fourth-order valence-corrected chi connectivity index (χ4v) is 3.96. The Morgan fingerprint density at radius 2 is 1.92 bits per heavy atom. The highest BCUT2D eigenvalue weighted by atomic mass is 16.5. The Morgan fingerprint density at radius 3 is 2.69 bits per heavy atom. The monoisotopic (exact) mass is 491 g/mol. The summed E-state index contributed by atoms with van der Waals surface area (Å²) in [5.74, 6) is 0.369. The number of ether oxygens (including phenoxy) is 2. The number of para-hydroxylation sites is 2. The van der Waals surface area contributed by atoms with E-state index in [4.69, 9.17) is 13.9 Å². The second-order valence-electron chi connectivity index (χ2n) is 7.99. The second-order valence-corrected chi connectivity index (χ2v) is 7.99. The zero-order valence-electron chi connectivity index (χ0n) is 20.3. The number of fused-ring (bicyclic) bond motifs is 1. The molecule has 36 heavy (non-hydrogen) atoms. The van der Waals surface area contributed by atoms with Crippen molar-refractivity contribution in [3.63, 3.8) is 0 Å². The topological polar surface area (TPSA) is 112 Å². The molecule has 0 radical (unpaired) electrons. The molecule has 2 aromatic heterocycles. The number of carbonyl (C=O) groups is 2. The van der Waals surface area contributed by atoms with Crippen LogP contribution in [-0.2, 0) is 27.4 Å². The molecule has 0 fully saturated rings. The number of hydrogen-bond acceptors (Lipinski definition) is 7. The largest absolute Gasteiger partial charge is 0.494 e. The maximum absolute atomic E-state index is 13.8. The number of furan rings is 1. The summed E-state index contributed by atoms with van der Waals surface area (Å²) in [5.41, 5.74) is 1.97. The zero-order valence-corrected chi connectivity index (χ0v) is 20.3. The van der Waals surface area contributed by atoms with Gasteiger partial charge in [0.1, 0.15) is 29.6 Å². The van der Waals surface area contributed by atoms with Gasteiger partial charge in [0, 0.05) is 19.2 Å². The van der Waals surface area contributed by atoms with Crippen LogP contribution in [0.1, 0.15) is 24.3 Å². The van der Waals surface area contributed by atoms with Gasteiger partial charge in [-0.1, -0.05) is 35.5 Å². The lowest BCUT2D eigenvalue weighted by atomic mass is 10.0. The molecular weight excluding hydrogens is 462 g/mol. The summed E-state index contributed by atoms with van der Waals surface area (Å²) < 4.78 is 18.0. The average Bonchev–Trinajstić information content (AvgIpc) is 3.55. The molecule has 0 bridgehead atoms. The first-order chi connectivity index (χ1) is 17.6. The number of nitrogens with one attached hydrogen (secondary N) is 1. The number of hydrogen-bond donors (Lipinski definition) is 1. The van der Waals surface area contributed by atoms with Gasteiger partial charge in [0.25, 0.3) is 0 Å². The molecule has 1 atom stereocenters. The van der Waals surface area contributed by atoms with Crippen LogP contribution >= 0.6 is 0 Å². The van der Waals surface area contributed by atoms with Gasteiger partial charge in [0.05, 0.1) is 31.5 Å². The molecular formula is C26H29N5O5. The van der Waals surface area contributed by atoms with Crippen LogP contribution in [0.2, 0.25) is 0 Å². The molecule has 2 aromatic carbocycles. The molecule has 4 aromatic rings. The van der Waals surface area contributed by atoms with Crippen LogP contribution in [0.25, 0.3) is 11.0 Å². The Morgan fingerprint density at radius 1 is 1.11 bits per heavy atom. The molecule has 2 heterocycles. The molecule has 0 saturated heterocycles. The number of benzene rings is 2. The van der Waals surface area contributed by atoms with Crippen molar-refractivity contribution in [1.29, 1.82) is 0 Å². The van der Waals surface area contributed by atoms with Gasteiger partial charge in [0.15, 0.2) is 0 Å². The minimum Gasteiger partial charge on any atom is -0.494 e. The van der Waals surface area contributed by atoms with E-state index in [-0.39, 0.29) is 24.9 Å². The Labute approximate surface area is 208 Å². The highest BCUT2D eigenvalue weighted by Gasteiger charge is 2.34. The maximum atomic E-state index is 13.8.